The summed E-state index contributed by atoms with van der Waals surface area (Å²) in [6, 6.07) is 19.5. The van der Waals surface area contributed by atoms with Gasteiger partial charge >= 0.3 is 0 Å². The van der Waals surface area contributed by atoms with Crippen LogP contribution in [0.2, 0.25) is 0 Å². The van der Waals surface area contributed by atoms with Gasteiger partial charge in [-0.2, -0.15) is 0 Å². The largest absolute Gasteiger partial charge is 0.391 e. The van der Waals surface area contributed by atoms with Gasteiger partial charge in [0.25, 0.3) is 0 Å². The average Bonchev–Trinajstić information content (AvgIpc) is 2.56. The molecule has 0 fully saturated rings. The molecule has 122 valence electrons. The van der Waals surface area contributed by atoms with Gasteiger partial charge in [0.2, 0.25) is 5.91 Å². The zero-order valence-electron chi connectivity index (χ0n) is 13.8. The van der Waals surface area contributed by atoms with Crippen LogP contribution in [-0.4, -0.2) is 23.2 Å². The summed E-state index contributed by atoms with van der Waals surface area (Å²) in [7, 11) is 0. The second kappa shape index (κ2) is 8.49. The highest BCUT2D eigenvalue weighted by molar-refractivity contribution is 5.77. The number of benzene rings is 2. The summed E-state index contributed by atoms with van der Waals surface area (Å²) in [6.07, 6.45) is 0.372. The van der Waals surface area contributed by atoms with Crippen molar-refractivity contribution in [1.29, 1.82) is 0 Å². The first-order chi connectivity index (χ1) is 11.1. The minimum Gasteiger partial charge on any atom is -0.391 e. The van der Waals surface area contributed by atoms with Crippen LogP contribution in [0, 0.1) is 0 Å². The van der Waals surface area contributed by atoms with Crippen molar-refractivity contribution in [3.63, 3.8) is 0 Å². The lowest BCUT2D eigenvalue weighted by molar-refractivity contribution is -0.122. The molecule has 0 saturated heterocycles. The summed E-state index contributed by atoms with van der Waals surface area (Å²) >= 11 is 0. The number of nitrogens with one attached hydrogen (secondary N) is 1. The third-order valence-corrected chi connectivity index (χ3v) is 4.11. The molecule has 0 radical (unpaired) electrons. The predicted octanol–water partition coefficient (Wildman–Crippen LogP) is 3.29. The SMILES string of the molecule is CC(CC(=O)NC(C)C(O)Cc1ccccc1)c1ccccc1. The lowest BCUT2D eigenvalue weighted by Gasteiger charge is -2.21. The molecule has 0 bridgehead atoms. The van der Waals surface area contributed by atoms with Crippen LogP contribution in [0.4, 0.5) is 0 Å². The maximum Gasteiger partial charge on any atom is 0.220 e. The van der Waals surface area contributed by atoms with E-state index in [4.69, 9.17) is 0 Å². The van der Waals surface area contributed by atoms with E-state index in [-0.39, 0.29) is 17.9 Å². The molecule has 2 N–H and O–H groups in total. The van der Waals surface area contributed by atoms with E-state index in [1.54, 1.807) is 0 Å². The van der Waals surface area contributed by atoms with Crippen molar-refractivity contribution in [1.82, 2.24) is 5.32 Å². The molecule has 3 nitrogen and oxygen atoms in total. The first-order valence-electron chi connectivity index (χ1n) is 8.12. The molecule has 23 heavy (non-hydrogen) atoms. The third-order valence-electron chi connectivity index (χ3n) is 4.11. The van der Waals surface area contributed by atoms with Gasteiger partial charge in [-0.25, -0.2) is 0 Å². The Morgan fingerprint density at radius 2 is 1.57 bits per heavy atom. The van der Waals surface area contributed by atoms with Crippen molar-refractivity contribution in [2.75, 3.05) is 0 Å². The van der Waals surface area contributed by atoms with Crippen LogP contribution in [-0.2, 0) is 11.2 Å². The van der Waals surface area contributed by atoms with Crippen molar-refractivity contribution in [3.8, 4) is 0 Å². The van der Waals surface area contributed by atoms with Crippen molar-refractivity contribution in [3.05, 3.63) is 71.8 Å². The van der Waals surface area contributed by atoms with E-state index in [0.29, 0.717) is 12.8 Å². The molecule has 0 aliphatic rings. The van der Waals surface area contributed by atoms with Crippen molar-refractivity contribution in [2.24, 2.45) is 0 Å². The van der Waals surface area contributed by atoms with E-state index >= 15 is 0 Å². The Balaban J connectivity index is 1.82. The molecule has 0 spiro atoms. The second-order valence-electron chi connectivity index (χ2n) is 6.13. The number of aliphatic hydroxyl groups excluding tert-OH is 1. The Kier molecular flexibility index (Phi) is 6.36. The highest BCUT2D eigenvalue weighted by Crippen LogP contribution is 2.18. The van der Waals surface area contributed by atoms with Crippen molar-refractivity contribution in [2.45, 2.75) is 44.8 Å². The van der Waals surface area contributed by atoms with E-state index in [0.717, 1.165) is 11.1 Å². The van der Waals surface area contributed by atoms with Crippen molar-refractivity contribution >= 4 is 5.91 Å². The summed E-state index contributed by atoms with van der Waals surface area (Å²) < 4.78 is 0. The Labute approximate surface area is 138 Å². The molecule has 3 heteroatoms. The van der Waals surface area contributed by atoms with Crippen LogP contribution in [0.15, 0.2) is 60.7 Å². The third kappa shape index (κ3) is 5.53. The van der Waals surface area contributed by atoms with E-state index in [1.807, 2.05) is 74.5 Å². The van der Waals surface area contributed by atoms with E-state index in [2.05, 4.69) is 5.32 Å². The fourth-order valence-electron chi connectivity index (χ4n) is 2.62. The number of carbonyl (C=O) groups is 1. The van der Waals surface area contributed by atoms with Gasteiger partial charge < -0.3 is 10.4 Å². The molecule has 0 aliphatic heterocycles. The number of aliphatic hydroxyl groups is 1. The van der Waals surface area contributed by atoms with Gasteiger partial charge in [0, 0.05) is 12.8 Å². The van der Waals surface area contributed by atoms with Crippen LogP contribution in [0.3, 0.4) is 0 Å². The molecule has 0 aliphatic carbocycles. The summed E-state index contributed by atoms with van der Waals surface area (Å²) in [6.45, 7) is 3.89. The van der Waals surface area contributed by atoms with E-state index in [9.17, 15) is 9.90 Å². The molecular weight excluding hydrogens is 286 g/mol. The smallest absolute Gasteiger partial charge is 0.220 e. The van der Waals surface area contributed by atoms with Crippen LogP contribution >= 0.6 is 0 Å². The lowest BCUT2D eigenvalue weighted by atomic mass is 9.97. The van der Waals surface area contributed by atoms with E-state index < -0.39 is 6.10 Å². The minimum absolute atomic E-state index is 0.0269. The number of rotatable bonds is 7. The fourth-order valence-corrected chi connectivity index (χ4v) is 2.62. The molecule has 2 rings (SSSR count). The van der Waals surface area contributed by atoms with Crippen LogP contribution in [0.25, 0.3) is 0 Å². The van der Waals surface area contributed by atoms with Gasteiger partial charge in [-0.3, -0.25) is 4.79 Å². The first-order valence-corrected chi connectivity index (χ1v) is 8.12. The predicted molar refractivity (Wildman–Crippen MR) is 93.2 cm³/mol. The summed E-state index contributed by atoms with van der Waals surface area (Å²) in [5.41, 5.74) is 2.22. The normalized spacial score (nSPS) is 14.7. The Hall–Kier alpha value is -2.13. The van der Waals surface area contributed by atoms with Gasteiger partial charge in [-0.15, -0.1) is 0 Å². The molecule has 3 unspecified atom stereocenters. The van der Waals surface area contributed by atoms with E-state index in [1.165, 1.54) is 0 Å². The molecule has 3 atom stereocenters. The molecule has 0 heterocycles. The summed E-state index contributed by atoms with van der Waals surface area (Å²) in [5.74, 6) is 0.135. The Morgan fingerprint density at radius 3 is 2.17 bits per heavy atom. The fraction of sp³-hybridized carbons (Fsp3) is 0.350. The van der Waals surface area contributed by atoms with Crippen LogP contribution in [0.1, 0.15) is 37.3 Å². The number of hydrogen-bond donors (Lipinski definition) is 2. The molecule has 2 aromatic carbocycles. The monoisotopic (exact) mass is 311 g/mol. The summed E-state index contributed by atoms with van der Waals surface area (Å²) in [5, 5.41) is 13.2. The zero-order valence-corrected chi connectivity index (χ0v) is 13.8. The molecule has 2 aromatic rings. The van der Waals surface area contributed by atoms with Crippen molar-refractivity contribution < 1.29 is 9.90 Å². The average molecular weight is 311 g/mol. The summed E-state index contributed by atoms with van der Waals surface area (Å²) in [4.78, 5) is 12.2. The minimum atomic E-state index is -0.589. The van der Waals surface area contributed by atoms with Crippen LogP contribution < -0.4 is 5.32 Å². The van der Waals surface area contributed by atoms with Gasteiger partial charge in [-0.1, -0.05) is 67.6 Å². The lowest BCUT2D eigenvalue weighted by Crippen LogP contribution is -2.42. The number of hydrogen-bond acceptors (Lipinski definition) is 2. The van der Waals surface area contributed by atoms with Gasteiger partial charge in [0.1, 0.15) is 0 Å². The van der Waals surface area contributed by atoms with Gasteiger partial charge in [-0.05, 0) is 24.0 Å². The standard InChI is InChI=1S/C20H25NO2/c1-15(18-11-7-4-8-12-18)13-20(23)21-16(2)19(22)14-17-9-5-3-6-10-17/h3-12,15-16,19,22H,13-14H2,1-2H3,(H,21,23). The molecule has 0 aromatic heterocycles. The number of amides is 1. The molecule has 0 saturated carbocycles. The first kappa shape index (κ1) is 17.2. The highest BCUT2D eigenvalue weighted by atomic mass is 16.3. The Bertz CT molecular complexity index is 598. The molecule has 1 amide bonds. The second-order valence-corrected chi connectivity index (χ2v) is 6.13. The molecular formula is C20H25NO2. The van der Waals surface area contributed by atoms with Gasteiger partial charge in [0.15, 0.2) is 0 Å². The number of carbonyl (C=O) groups excluding carboxylic acids is 1. The quantitative estimate of drug-likeness (QED) is 0.824. The topological polar surface area (TPSA) is 49.3 Å². The maximum atomic E-state index is 12.2. The highest BCUT2D eigenvalue weighted by Gasteiger charge is 2.18. The Morgan fingerprint density at radius 1 is 1.00 bits per heavy atom. The zero-order chi connectivity index (χ0) is 16.7. The van der Waals surface area contributed by atoms with Gasteiger partial charge in [0.05, 0.1) is 12.1 Å². The maximum absolute atomic E-state index is 12.2. The van der Waals surface area contributed by atoms with Crippen LogP contribution in [0.5, 0.6) is 0 Å².